The van der Waals surface area contributed by atoms with Crippen molar-refractivity contribution < 1.29 is 14.3 Å². The molecule has 0 radical (unpaired) electrons. The molecule has 1 aromatic carbocycles. The first-order valence-electron chi connectivity index (χ1n) is 9.87. The number of amides is 2. The van der Waals surface area contributed by atoms with E-state index in [9.17, 15) is 9.59 Å². The van der Waals surface area contributed by atoms with Crippen LogP contribution in [-0.2, 0) is 23.2 Å². The highest BCUT2D eigenvalue weighted by atomic mass is 35.5. The van der Waals surface area contributed by atoms with Gasteiger partial charge in [-0.3, -0.25) is 14.3 Å². The van der Waals surface area contributed by atoms with Crippen LogP contribution in [0.4, 0.5) is 0 Å². The fourth-order valence-electron chi connectivity index (χ4n) is 3.64. The SMILES string of the molecule is CNC(C(=O)N1CCC(C(=O)NCc2ccc(OC)cc2)CC1)c1cnn(C)c1.Cl. The number of benzene rings is 1. The number of likely N-dealkylation sites (N-methyl/N-ethyl adjacent to an activating group) is 1. The van der Waals surface area contributed by atoms with Crippen LogP contribution in [0.25, 0.3) is 0 Å². The van der Waals surface area contributed by atoms with E-state index in [0.717, 1.165) is 16.9 Å². The average molecular weight is 436 g/mol. The molecule has 1 aliphatic rings. The number of piperidine rings is 1. The van der Waals surface area contributed by atoms with Gasteiger partial charge >= 0.3 is 0 Å². The maximum Gasteiger partial charge on any atom is 0.244 e. The molecular weight excluding hydrogens is 406 g/mol. The highest BCUT2D eigenvalue weighted by molar-refractivity contribution is 5.85. The number of methoxy groups -OCH3 is 1. The van der Waals surface area contributed by atoms with Gasteiger partial charge in [-0.05, 0) is 37.6 Å². The quantitative estimate of drug-likeness (QED) is 0.690. The van der Waals surface area contributed by atoms with Crippen molar-refractivity contribution in [3.05, 3.63) is 47.8 Å². The van der Waals surface area contributed by atoms with Crippen molar-refractivity contribution in [2.45, 2.75) is 25.4 Å². The van der Waals surface area contributed by atoms with E-state index < -0.39 is 6.04 Å². The highest BCUT2D eigenvalue weighted by Crippen LogP contribution is 2.22. The topological polar surface area (TPSA) is 88.5 Å². The lowest BCUT2D eigenvalue weighted by atomic mass is 9.95. The summed E-state index contributed by atoms with van der Waals surface area (Å²) in [5.41, 5.74) is 1.87. The number of nitrogens with zero attached hydrogens (tertiary/aromatic N) is 3. The number of aromatic nitrogens is 2. The number of rotatable bonds is 7. The van der Waals surface area contributed by atoms with Crippen LogP contribution in [0.2, 0.25) is 0 Å². The normalized spacial score (nSPS) is 15.2. The summed E-state index contributed by atoms with van der Waals surface area (Å²) in [4.78, 5) is 27.3. The van der Waals surface area contributed by atoms with Gasteiger partial charge in [0.05, 0.1) is 13.3 Å². The summed E-state index contributed by atoms with van der Waals surface area (Å²) in [6, 6.07) is 7.23. The van der Waals surface area contributed by atoms with E-state index in [4.69, 9.17) is 4.74 Å². The molecule has 1 unspecified atom stereocenters. The summed E-state index contributed by atoms with van der Waals surface area (Å²) in [6.07, 6.45) is 4.89. The fourth-order valence-corrected chi connectivity index (χ4v) is 3.64. The van der Waals surface area contributed by atoms with Gasteiger partial charge in [-0.2, -0.15) is 5.10 Å². The molecule has 0 spiro atoms. The average Bonchev–Trinajstić information content (AvgIpc) is 3.18. The van der Waals surface area contributed by atoms with E-state index >= 15 is 0 Å². The zero-order chi connectivity index (χ0) is 20.8. The lowest BCUT2D eigenvalue weighted by Gasteiger charge is -2.33. The zero-order valence-electron chi connectivity index (χ0n) is 17.6. The second-order valence-electron chi connectivity index (χ2n) is 7.33. The zero-order valence-corrected chi connectivity index (χ0v) is 18.4. The van der Waals surface area contributed by atoms with Crippen molar-refractivity contribution >= 4 is 24.2 Å². The third-order valence-corrected chi connectivity index (χ3v) is 5.40. The van der Waals surface area contributed by atoms with Gasteiger partial charge in [0.25, 0.3) is 0 Å². The number of likely N-dealkylation sites (tertiary alicyclic amines) is 1. The van der Waals surface area contributed by atoms with Crippen molar-refractivity contribution in [2.24, 2.45) is 13.0 Å². The van der Waals surface area contributed by atoms with Crippen LogP contribution in [0.15, 0.2) is 36.7 Å². The fraction of sp³-hybridized carbons (Fsp3) is 0.476. The second kappa shape index (κ2) is 11.0. The molecule has 2 heterocycles. The maximum absolute atomic E-state index is 12.9. The lowest BCUT2D eigenvalue weighted by molar-refractivity contribution is -0.137. The third kappa shape index (κ3) is 5.73. The number of carbonyl (C=O) groups excluding carboxylic acids is 2. The molecule has 8 nitrogen and oxygen atoms in total. The van der Waals surface area contributed by atoms with Gasteiger partial charge in [0.15, 0.2) is 0 Å². The van der Waals surface area contributed by atoms with Gasteiger partial charge in [-0.1, -0.05) is 12.1 Å². The minimum Gasteiger partial charge on any atom is -0.497 e. The molecule has 2 aromatic rings. The Bertz CT molecular complexity index is 831. The number of halogens is 1. The van der Waals surface area contributed by atoms with Gasteiger partial charge < -0.3 is 20.3 Å². The van der Waals surface area contributed by atoms with E-state index in [1.54, 1.807) is 25.0 Å². The summed E-state index contributed by atoms with van der Waals surface area (Å²) < 4.78 is 6.83. The molecule has 0 aliphatic carbocycles. The Morgan fingerprint density at radius 1 is 1.23 bits per heavy atom. The Labute approximate surface area is 183 Å². The predicted octanol–water partition coefficient (Wildman–Crippen LogP) is 1.67. The van der Waals surface area contributed by atoms with Crippen LogP contribution in [0.3, 0.4) is 0 Å². The summed E-state index contributed by atoms with van der Waals surface area (Å²) in [6.45, 7) is 1.65. The van der Waals surface area contributed by atoms with E-state index in [2.05, 4.69) is 15.7 Å². The lowest BCUT2D eigenvalue weighted by Crippen LogP contribution is -2.46. The number of hydrogen-bond acceptors (Lipinski definition) is 5. The molecule has 1 aliphatic heterocycles. The second-order valence-corrected chi connectivity index (χ2v) is 7.33. The van der Waals surface area contributed by atoms with E-state index in [1.165, 1.54) is 0 Å². The van der Waals surface area contributed by atoms with Gasteiger partial charge in [0, 0.05) is 44.4 Å². The molecule has 1 atom stereocenters. The van der Waals surface area contributed by atoms with E-state index in [1.807, 2.05) is 42.4 Å². The predicted molar refractivity (Wildman–Crippen MR) is 116 cm³/mol. The Hall–Kier alpha value is -2.58. The van der Waals surface area contributed by atoms with Crippen molar-refractivity contribution in [3.8, 4) is 5.75 Å². The number of ether oxygens (including phenoxy) is 1. The molecule has 164 valence electrons. The first-order valence-corrected chi connectivity index (χ1v) is 9.87. The monoisotopic (exact) mass is 435 g/mol. The number of nitrogens with one attached hydrogen (secondary N) is 2. The van der Waals surface area contributed by atoms with Crippen LogP contribution in [0.5, 0.6) is 5.75 Å². The van der Waals surface area contributed by atoms with Crippen molar-refractivity contribution in [3.63, 3.8) is 0 Å². The first-order chi connectivity index (χ1) is 14.0. The van der Waals surface area contributed by atoms with Crippen LogP contribution in [0, 0.1) is 5.92 Å². The Morgan fingerprint density at radius 3 is 2.43 bits per heavy atom. The van der Waals surface area contributed by atoms with Gasteiger partial charge in [0.2, 0.25) is 11.8 Å². The van der Waals surface area contributed by atoms with Gasteiger partial charge in [-0.25, -0.2) is 0 Å². The summed E-state index contributed by atoms with van der Waals surface area (Å²) in [5.74, 6) is 0.801. The van der Waals surface area contributed by atoms with Crippen LogP contribution in [0.1, 0.15) is 30.0 Å². The number of hydrogen-bond donors (Lipinski definition) is 2. The molecule has 1 aromatic heterocycles. The molecule has 0 bridgehead atoms. The van der Waals surface area contributed by atoms with Crippen molar-refractivity contribution in [2.75, 3.05) is 27.2 Å². The van der Waals surface area contributed by atoms with Crippen LogP contribution < -0.4 is 15.4 Å². The third-order valence-electron chi connectivity index (χ3n) is 5.40. The van der Waals surface area contributed by atoms with Crippen LogP contribution >= 0.6 is 12.4 Å². The number of aryl methyl sites for hydroxylation is 1. The van der Waals surface area contributed by atoms with Crippen molar-refractivity contribution in [1.82, 2.24) is 25.3 Å². The van der Waals surface area contributed by atoms with Gasteiger partial charge in [0.1, 0.15) is 11.8 Å². The highest BCUT2D eigenvalue weighted by Gasteiger charge is 2.31. The molecule has 1 fully saturated rings. The minimum atomic E-state index is -0.413. The van der Waals surface area contributed by atoms with E-state index in [0.29, 0.717) is 32.5 Å². The maximum atomic E-state index is 12.9. The minimum absolute atomic E-state index is 0. The molecule has 2 amide bonds. The largest absolute Gasteiger partial charge is 0.497 e. The molecule has 9 heteroatoms. The smallest absolute Gasteiger partial charge is 0.244 e. The summed E-state index contributed by atoms with van der Waals surface area (Å²) in [7, 11) is 5.23. The molecule has 0 saturated carbocycles. The Balaban J connectivity index is 0.00000320. The molecule has 3 rings (SSSR count). The van der Waals surface area contributed by atoms with Crippen LogP contribution in [-0.4, -0.2) is 53.7 Å². The molecule has 1 saturated heterocycles. The number of carbonyl (C=O) groups is 2. The molecule has 2 N–H and O–H groups in total. The summed E-state index contributed by atoms with van der Waals surface area (Å²) >= 11 is 0. The standard InChI is InChI=1S/C21H29N5O3.ClH/c1-22-19(17-13-24-25(2)14-17)21(28)26-10-8-16(9-11-26)20(27)23-12-15-4-6-18(29-3)7-5-15;/h4-7,13-14,16,19,22H,8-12H2,1-3H3,(H,23,27);1H. The Morgan fingerprint density at radius 2 is 1.90 bits per heavy atom. The van der Waals surface area contributed by atoms with Crippen molar-refractivity contribution in [1.29, 1.82) is 0 Å². The molecule has 30 heavy (non-hydrogen) atoms. The van der Waals surface area contributed by atoms with E-state index in [-0.39, 0.29) is 30.1 Å². The Kier molecular flexibility index (Phi) is 8.68. The molecular formula is C21H30ClN5O3. The van der Waals surface area contributed by atoms with Gasteiger partial charge in [-0.15, -0.1) is 12.4 Å². The first kappa shape index (κ1) is 23.7. The summed E-state index contributed by atoms with van der Waals surface area (Å²) in [5, 5.41) is 10.2.